The molecule has 1 N–H and O–H groups in total. The van der Waals surface area contributed by atoms with E-state index < -0.39 is 5.97 Å². The molecule has 0 aromatic carbocycles. The Balaban J connectivity index is 2.20. The van der Waals surface area contributed by atoms with E-state index in [2.05, 4.69) is 10.1 Å². The Hall–Kier alpha value is -1.26. The number of ether oxygens (including phenoxy) is 1. The first-order valence-electron chi connectivity index (χ1n) is 4.33. The van der Waals surface area contributed by atoms with Gasteiger partial charge in [-0.05, 0) is 12.8 Å². The predicted octanol–water partition coefficient (Wildman–Crippen LogP) is -0.0352. The van der Waals surface area contributed by atoms with Gasteiger partial charge in [-0.2, -0.15) is 0 Å². The molecule has 5 heteroatoms. The van der Waals surface area contributed by atoms with Crippen molar-refractivity contribution in [1.29, 1.82) is 0 Å². The molecule has 1 aliphatic rings. The highest BCUT2D eigenvalue weighted by atomic mass is 16.5. The van der Waals surface area contributed by atoms with Gasteiger partial charge in [0.2, 0.25) is 0 Å². The standard InChI is InChI=1S/C8H14N2O3/c1-13-7(11)6-9-8(12)10-4-2-3-5-10/h2-6H2,1H3,(H,9,12). The third-order valence-corrected chi connectivity index (χ3v) is 2.00. The highest BCUT2D eigenvalue weighted by Gasteiger charge is 2.17. The molecule has 1 rings (SSSR count). The normalized spacial score (nSPS) is 15.6. The summed E-state index contributed by atoms with van der Waals surface area (Å²) in [6.45, 7) is 1.52. The molecule has 0 spiro atoms. The number of carbonyl (C=O) groups is 2. The second-order valence-corrected chi connectivity index (χ2v) is 2.93. The van der Waals surface area contributed by atoms with Crippen molar-refractivity contribution in [2.24, 2.45) is 0 Å². The van der Waals surface area contributed by atoms with Crippen LogP contribution in [0.5, 0.6) is 0 Å². The van der Waals surface area contributed by atoms with Crippen LogP contribution in [-0.4, -0.2) is 43.6 Å². The van der Waals surface area contributed by atoms with Crippen molar-refractivity contribution >= 4 is 12.0 Å². The molecule has 0 atom stereocenters. The number of hydrogen-bond donors (Lipinski definition) is 1. The molecule has 5 nitrogen and oxygen atoms in total. The topological polar surface area (TPSA) is 58.6 Å². The summed E-state index contributed by atoms with van der Waals surface area (Å²) in [4.78, 5) is 23.6. The Morgan fingerprint density at radius 3 is 2.54 bits per heavy atom. The van der Waals surface area contributed by atoms with Gasteiger partial charge in [0.15, 0.2) is 0 Å². The maximum absolute atomic E-state index is 11.3. The van der Waals surface area contributed by atoms with Crippen LogP contribution in [0.1, 0.15) is 12.8 Å². The van der Waals surface area contributed by atoms with Crippen molar-refractivity contribution in [2.75, 3.05) is 26.7 Å². The minimum atomic E-state index is -0.424. The SMILES string of the molecule is COC(=O)CNC(=O)N1CCCC1. The molecule has 13 heavy (non-hydrogen) atoms. The summed E-state index contributed by atoms with van der Waals surface area (Å²) in [5.41, 5.74) is 0. The molecule has 1 fully saturated rings. The number of likely N-dealkylation sites (tertiary alicyclic amines) is 1. The zero-order chi connectivity index (χ0) is 9.68. The summed E-state index contributed by atoms with van der Waals surface area (Å²) in [5.74, 6) is -0.424. The fourth-order valence-corrected chi connectivity index (χ4v) is 1.25. The first-order chi connectivity index (χ1) is 6.24. The number of urea groups is 1. The molecular formula is C8H14N2O3. The smallest absolute Gasteiger partial charge is 0.325 e. The first-order valence-corrected chi connectivity index (χ1v) is 4.33. The number of hydrogen-bond acceptors (Lipinski definition) is 3. The second kappa shape index (κ2) is 4.69. The van der Waals surface area contributed by atoms with Crippen molar-refractivity contribution in [3.8, 4) is 0 Å². The summed E-state index contributed by atoms with van der Waals surface area (Å²) >= 11 is 0. The van der Waals surface area contributed by atoms with Crippen LogP contribution < -0.4 is 5.32 Å². The lowest BCUT2D eigenvalue weighted by atomic mass is 10.4. The van der Waals surface area contributed by atoms with Crippen molar-refractivity contribution in [3.05, 3.63) is 0 Å². The molecule has 0 aliphatic carbocycles. The predicted molar refractivity (Wildman–Crippen MR) is 46.2 cm³/mol. The number of methoxy groups -OCH3 is 1. The van der Waals surface area contributed by atoms with E-state index in [0.29, 0.717) is 0 Å². The third kappa shape index (κ3) is 2.93. The molecular weight excluding hydrogens is 172 g/mol. The summed E-state index contributed by atoms with van der Waals surface area (Å²) < 4.78 is 4.39. The van der Waals surface area contributed by atoms with E-state index in [4.69, 9.17) is 0 Å². The van der Waals surface area contributed by atoms with Gasteiger partial charge in [0, 0.05) is 13.1 Å². The van der Waals surface area contributed by atoms with Crippen LogP contribution in [0.25, 0.3) is 0 Å². The Bertz CT molecular complexity index is 200. The van der Waals surface area contributed by atoms with Crippen LogP contribution in [0.4, 0.5) is 4.79 Å². The number of esters is 1. The Labute approximate surface area is 77.0 Å². The van der Waals surface area contributed by atoms with Gasteiger partial charge in [0.25, 0.3) is 0 Å². The van der Waals surface area contributed by atoms with Crippen LogP contribution in [-0.2, 0) is 9.53 Å². The minimum Gasteiger partial charge on any atom is -0.468 e. The number of amides is 2. The van der Waals surface area contributed by atoms with Crippen molar-refractivity contribution in [2.45, 2.75) is 12.8 Å². The van der Waals surface area contributed by atoms with E-state index in [0.717, 1.165) is 25.9 Å². The highest BCUT2D eigenvalue weighted by molar-refractivity contribution is 5.80. The van der Waals surface area contributed by atoms with Crippen LogP contribution in [0.15, 0.2) is 0 Å². The number of carbonyl (C=O) groups excluding carboxylic acids is 2. The van der Waals surface area contributed by atoms with E-state index >= 15 is 0 Å². The van der Waals surface area contributed by atoms with E-state index in [1.54, 1.807) is 4.90 Å². The van der Waals surface area contributed by atoms with Crippen LogP contribution in [0.2, 0.25) is 0 Å². The zero-order valence-electron chi connectivity index (χ0n) is 7.71. The molecule has 0 radical (unpaired) electrons. The van der Waals surface area contributed by atoms with Gasteiger partial charge < -0.3 is 15.0 Å². The summed E-state index contributed by atoms with van der Waals surface area (Å²) in [5, 5.41) is 2.49. The lowest BCUT2D eigenvalue weighted by Crippen LogP contribution is -2.40. The van der Waals surface area contributed by atoms with Gasteiger partial charge in [0.05, 0.1) is 7.11 Å². The van der Waals surface area contributed by atoms with E-state index in [1.165, 1.54) is 7.11 Å². The maximum atomic E-state index is 11.3. The quantitative estimate of drug-likeness (QED) is 0.616. The van der Waals surface area contributed by atoms with E-state index in [-0.39, 0.29) is 12.6 Å². The lowest BCUT2D eigenvalue weighted by Gasteiger charge is -2.15. The molecule has 0 aromatic rings. The lowest BCUT2D eigenvalue weighted by molar-refractivity contribution is -0.139. The molecule has 1 heterocycles. The summed E-state index contributed by atoms with van der Waals surface area (Å²) in [6, 6.07) is -0.178. The first kappa shape index (κ1) is 9.83. The summed E-state index contributed by atoms with van der Waals surface area (Å²) in [6.07, 6.45) is 2.09. The van der Waals surface area contributed by atoms with E-state index in [9.17, 15) is 9.59 Å². The van der Waals surface area contributed by atoms with Crippen molar-refractivity contribution in [1.82, 2.24) is 10.2 Å². The van der Waals surface area contributed by atoms with Crippen LogP contribution >= 0.6 is 0 Å². The zero-order valence-corrected chi connectivity index (χ0v) is 7.71. The number of nitrogens with one attached hydrogen (secondary N) is 1. The molecule has 1 aliphatic heterocycles. The molecule has 1 saturated heterocycles. The van der Waals surface area contributed by atoms with Gasteiger partial charge in [-0.3, -0.25) is 4.79 Å². The number of nitrogens with zero attached hydrogens (tertiary/aromatic N) is 1. The fourth-order valence-electron chi connectivity index (χ4n) is 1.25. The van der Waals surface area contributed by atoms with E-state index in [1.807, 2.05) is 0 Å². The third-order valence-electron chi connectivity index (χ3n) is 2.00. The molecule has 0 bridgehead atoms. The molecule has 0 saturated carbocycles. The van der Waals surface area contributed by atoms with Gasteiger partial charge in [-0.15, -0.1) is 0 Å². The molecule has 0 aromatic heterocycles. The van der Waals surface area contributed by atoms with Crippen molar-refractivity contribution in [3.63, 3.8) is 0 Å². The molecule has 2 amide bonds. The average molecular weight is 186 g/mol. The van der Waals surface area contributed by atoms with Gasteiger partial charge in [-0.25, -0.2) is 4.79 Å². The molecule has 0 unspecified atom stereocenters. The average Bonchev–Trinajstić information content (AvgIpc) is 2.66. The van der Waals surface area contributed by atoms with Crippen LogP contribution in [0.3, 0.4) is 0 Å². The Morgan fingerprint density at radius 1 is 1.38 bits per heavy atom. The van der Waals surface area contributed by atoms with Crippen LogP contribution in [0, 0.1) is 0 Å². The maximum Gasteiger partial charge on any atom is 0.325 e. The van der Waals surface area contributed by atoms with Gasteiger partial charge in [0.1, 0.15) is 6.54 Å². The van der Waals surface area contributed by atoms with Gasteiger partial charge >= 0.3 is 12.0 Å². The largest absolute Gasteiger partial charge is 0.468 e. The second-order valence-electron chi connectivity index (χ2n) is 2.93. The van der Waals surface area contributed by atoms with Gasteiger partial charge in [-0.1, -0.05) is 0 Å². The molecule has 74 valence electrons. The Morgan fingerprint density at radius 2 is 2.00 bits per heavy atom. The fraction of sp³-hybridized carbons (Fsp3) is 0.750. The Kier molecular flexibility index (Phi) is 3.54. The monoisotopic (exact) mass is 186 g/mol. The minimum absolute atomic E-state index is 0.0498. The number of rotatable bonds is 2. The van der Waals surface area contributed by atoms with Crippen molar-refractivity contribution < 1.29 is 14.3 Å². The highest BCUT2D eigenvalue weighted by Crippen LogP contribution is 2.06. The summed E-state index contributed by atoms with van der Waals surface area (Å²) in [7, 11) is 1.30.